The summed E-state index contributed by atoms with van der Waals surface area (Å²) in [6, 6.07) is 10.8. The van der Waals surface area contributed by atoms with E-state index < -0.39 is 34.0 Å². The predicted molar refractivity (Wildman–Crippen MR) is 153 cm³/mol. The molecule has 226 valence electrons. The third-order valence-corrected chi connectivity index (χ3v) is 10.7. The van der Waals surface area contributed by atoms with E-state index in [0.717, 1.165) is 18.5 Å². The normalized spacial score (nSPS) is 23.0. The van der Waals surface area contributed by atoms with Gasteiger partial charge in [0.15, 0.2) is 0 Å². The van der Waals surface area contributed by atoms with Gasteiger partial charge >= 0.3 is 0 Å². The number of rotatable bonds is 7. The number of amides is 1. The molecule has 0 aromatic heterocycles. The fourth-order valence-electron chi connectivity index (χ4n) is 6.16. The van der Waals surface area contributed by atoms with Crippen LogP contribution in [0.4, 0.5) is 34.6 Å². The highest BCUT2D eigenvalue weighted by molar-refractivity contribution is 7.89. The van der Waals surface area contributed by atoms with E-state index in [0.29, 0.717) is 35.4 Å². The quantitative estimate of drug-likeness (QED) is 0.370. The van der Waals surface area contributed by atoms with Crippen molar-refractivity contribution in [2.24, 2.45) is 5.41 Å². The maximum atomic E-state index is 13.6. The minimum absolute atomic E-state index is 0.0252. The van der Waals surface area contributed by atoms with Crippen molar-refractivity contribution in [3.8, 4) is 0 Å². The first-order valence-corrected chi connectivity index (χ1v) is 15.9. The minimum Gasteiger partial charge on any atom is -0.371 e. The Hall–Kier alpha value is -3.12. The number of hydrogen-bond acceptors (Lipinski definition) is 5. The van der Waals surface area contributed by atoms with Gasteiger partial charge in [0, 0.05) is 56.4 Å². The van der Waals surface area contributed by atoms with Crippen molar-refractivity contribution in [1.82, 2.24) is 4.72 Å². The van der Waals surface area contributed by atoms with Gasteiger partial charge in [0.1, 0.15) is 0 Å². The van der Waals surface area contributed by atoms with Gasteiger partial charge in [0.25, 0.3) is 17.9 Å². The molecule has 2 aromatic rings. The monoisotopic (exact) mass is 606 g/mol. The van der Waals surface area contributed by atoms with Crippen LogP contribution >= 0.6 is 0 Å². The summed E-state index contributed by atoms with van der Waals surface area (Å²) < 4.78 is 81.7. The predicted octanol–water partition coefficient (Wildman–Crippen LogP) is 6.15. The minimum atomic E-state index is -4.00. The molecule has 2 aliphatic carbocycles. The first-order chi connectivity index (χ1) is 19.9. The highest BCUT2D eigenvalue weighted by Crippen LogP contribution is 2.54. The Balaban J connectivity index is 1.22. The standard InChI is InChI=1S/C30H34F4N4O3S/c31-27(32)20-16-22(17-20)36-42(40,41)24-4-5-25(26(19-24)38-12-8-29(6-7-29)9-13-38)28(39)35-21-2-1-3-23(18-21)37-14-10-30(33,34)11-15-37/h1-5,18-19,22,36H,6-17H2,(H,35,39). The number of alkyl halides is 2. The van der Waals surface area contributed by atoms with Crippen molar-refractivity contribution in [3.05, 3.63) is 59.7 Å². The second-order valence-electron chi connectivity index (χ2n) is 12.1. The summed E-state index contributed by atoms with van der Waals surface area (Å²) in [6.45, 7) is 1.82. The zero-order chi connectivity index (χ0) is 29.7. The van der Waals surface area contributed by atoms with E-state index >= 15 is 0 Å². The van der Waals surface area contributed by atoms with Crippen molar-refractivity contribution in [2.45, 2.75) is 68.2 Å². The van der Waals surface area contributed by atoms with Crippen molar-refractivity contribution < 1.29 is 30.8 Å². The molecule has 2 N–H and O–H groups in total. The number of hydrogen-bond donors (Lipinski definition) is 2. The van der Waals surface area contributed by atoms with Crippen LogP contribution in [0.5, 0.6) is 0 Å². The van der Waals surface area contributed by atoms with Crippen LogP contribution in [0.25, 0.3) is 0 Å². The van der Waals surface area contributed by atoms with Crippen LogP contribution in [-0.2, 0) is 10.0 Å². The molecular weight excluding hydrogens is 572 g/mol. The first-order valence-electron chi connectivity index (χ1n) is 14.4. The Morgan fingerprint density at radius 1 is 0.857 bits per heavy atom. The van der Waals surface area contributed by atoms with Crippen LogP contribution < -0.4 is 19.8 Å². The number of sulfonamides is 1. The lowest BCUT2D eigenvalue weighted by atomic mass is 9.88. The van der Waals surface area contributed by atoms with Crippen LogP contribution in [0.15, 0.2) is 59.0 Å². The van der Waals surface area contributed by atoms with E-state index in [1.807, 2.05) is 15.9 Å². The summed E-state index contributed by atoms with van der Waals surface area (Å²) in [5, 5.41) is 2.90. The molecule has 2 heterocycles. The number of anilines is 3. The molecule has 6 rings (SSSR count). The molecule has 1 spiro atoms. The van der Waals surface area contributed by atoms with Crippen molar-refractivity contribution in [3.63, 3.8) is 0 Å². The Morgan fingerprint density at radius 2 is 1.52 bits per heavy atom. The van der Waals surface area contributed by atoms with E-state index in [9.17, 15) is 30.8 Å². The van der Waals surface area contributed by atoms with Crippen molar-refractivity contribution in [1.29, 1.82) is 0 Å². The summed E-state index contributed by atoms with van der Waals surface area (Å²) in [5.74, 6) is -3.07. The molecule has 0 radical (unpaired) electrons. The summed E-state index contributed by atoms with van der Waals surface area (Å²) in [7, 11) is -4.00. The molecule has 2 saturated carbocycles. The second-order valence-corrected chi connectivity index (χ2v) is 13.8. The number of benzene rings is 2. The Bertz CT molecular complexity index is 1490. The zero-order valence-electron chi connectivity index (χ0n) is 23.1. The summed E-state index contributed by atoms with van der Waals surface area (Å²) in [4.78, 5) is 17.5. The first kappa shape index (κ1) is 29.0. The third kappa shape index (κ3) is 6.15. The number of nitrogens with one attached hydrogen (secondary N) is 2. The molecule has 4 aliphatic rings. The maximum Gasteiger partial charge on any atom is 0.269 e. The maximum absolute atomic E-state index is 13.6. The van der Waals surface area contributed by atoms with E-state index in [1.165, 1.54) is 31.0 Å². The van der Waals surface area contributed by atoms with Gasteiger partial charge in [-0.15, -0.1) is 0 Å². The van der Waals surface area contributed by atoms with Gasteiger partial charge < -0.3 is 15.1 Å². The topological polar surface area (TPSA) is 81.8 Å². The molecule has 4 fully saturated rings. The fraction of sp³-hybridized carbons (Fsp3) is 0.500. The van der Waals surface area contributed by atoms with Crippen molar-refractivity contribution >= 4 is 33.0 Å². The van der Waals surface area contributed by atoms with Gasteiger partial charge in [-0.25, -0.2) is 21.9 Å². The van der Waals surface area contributed by atoms with E-state index in [-0.39, 0.29) is 49.2 Å². The molecule has 42 heavy (non-hydrogen) atoms. The molecule has 0 atom stereocenters. The molecule has 12 heteroatoms. The van der Waals surface area contributed by atoms with Crippen LogP contribution in [0, 0.1) is 5.41 Å². The zero-order valence-corrected chi connectivity index (χ0v) is 24.0. The molecule has 2 aliphatic heterocycles. The summed E-state index contributed by atoms with van der Waals surface area (Å²) >= 11 is 0. The van der Waals surface area contributed by atoms with Crippen LogP contribution in [-0.4, -0.2) is 52.5 Å². The van der Waals surface area contributed by atoms with Gasteiger partial charge in [0.05, 0.1) is 16.1 Å². The highest BCUT2D eigenvalue weighted by Gasteiger charge is 2.45. The van der Waals surface area contributed by atoms with E-state index in [2.05, 4.69) is 10.0 Å². The van der Waals surface area contributed by atoms with Crippen molar-refractivity contribution in [2.75, 3.05) is 41.3 Å². The SMILES string of the molecule is O=C(Nc1cccc(N2CCC(F)(F)CC2)c1)c1ccc(S(=O)(=O)NC2CC(=C(F)F)C2)cc1N1CCC2(CC1)CC2. The Labute approximate surface area is 243 Å². The number of carbonyl (C=O) groups excluding carboxylic acids is 1. The van der Waals surface area contributed by atoms with Gasteiger partial charge in [-0.2, -0.15) is 8.78 Å². The third-order valence-electron chi connectivity index (χ3n) is 9.18. The number of carbonyl (C=O) groups is 1. The Morgan fingerprint density at radius 3 is 2.17 bits per heavy atom. The van der Waals surface area contributed by atoms with E-state index in [1.54, 1.807) is 18.2 Å². The van der Waals surface area contributed by atoms with Gasteiger partial charge in [-0.1, -0.05) is 6.07 Å². The number of piperidine rings is 2. The summed E-state index contributed by atoms with van der Waals surface area (Å²) in [5.41, 5.74) is 2.39. The second kappa shape index (κ2) is 10.9. The van der Waals surface area contributed by atoms with E-state index in [4.69, 9.17) is 0 Å². The lowest BCUT2D eigenvalue weighted by Gasteiger charge is -2.35. The summed E-state index contributed by atoms with van der Waals surface area (Å²) in [6.07, 6.45) is 2.05. The van der Waals surface area contributed by atoms with Gasteiger partial charge in [0.2, 0.25) is 10.0 Å². The molecule has 2 saturated heterocycles. The highest BCUT2D eigenvalue weighted by atomic mass is 32.2. The van der Waals surface area contributed by atoms with Crippen LogP contribution in [0.3, 0.4) is 0 Å². The molecule has 2 aromatic carbocycles. The smallest absolute Gasteiger partial charge is 0.269 e. The van der Waals surface area contributed by atoms with Crippen LogP contribution in [0.1, 0.15) is 61.7 Å². The average Bonchev–Trinajstić information content (AvgIpc) is 3.69. The fourth-order valence-corrected chi connectivity index (χ4v) is 7.42. The number of nitrogens with zero attached hydrogens (tertiary/aromatic N) is 2. The Kier molecular flexibility index (Phi) is 7.49. The molecule has 0 unspecified atom stereocenters. The molecule has 7 nitrogen and oxygen atoms in total. The van der Waals surface area contributed by atoms with Gasteiger partial charge in [-0.3, -0.25) is 4.79 Å². The lowest BCUT2D eigenvalue weighted by molar-refractivity contribution is -0.0220. The number of halogens is 4. The molecule has 1 amide bonds. The lowest BCUT2D eigenvalue weighted by Crippen LogP contribution is -2.41. The largest absolute Gasteiger partial charge is 0.371 e. The molecule has 0 bridgehead atoms. The molecular formula is C30H34F4N4O3S. The van der Waals surface area contributed by atoms with Gasteiger partial charge in [-0.05, 0) is 85.9 Å². The average molecular weight is 607 g/mol. The van der Waals surface area contributed by atoms with Crippen LogP contribution in [0.2, 0.25) is 0 Å².